The van der Waals surface area contributed by atoms with Crippen molar-refractivity contribution in [1.82, 2.24) is 0 Å². The largest absolute Gasteiger partial charge is 0.481 e. The Kier molecular flexibility index (Phi) is 9.73. The number of aliphatic carboxylic acids is 3. The Balaban J connectivity index is 0. The SMILES string of the molecule is O=C(O)CC(O)(CC(=O)O)C(=O)O.[CH2]CCCO. The van der Waals surface area contributed by atoms with E-state index in [4.69, 9.17) is 25.5 Å². The quantitative estimate of drug-likeness (QED) is 0.407. The van der Waals surface area contributed by atoms with Crippen LogP contribution in [0.4, 0.5) is 0 Å². The molecular formula is C10H17O8. The maximum atomic E-state index is 10.3. The van der Waals surface area contributed by atoms with Crippen molar-refractivity contribution in [3.05, 3.63) is 6.92 Å². The molecule has 0 fully saturated rings. The zero-order valence-electron chi connectivity index (χ0n) is 9.70. The third-order valence-electron chi connectivity index (χ3n) is 1.69. The van der Waals surface area contributed by atoms with Gasteiger partial charge in [-0.3, -0.25) is 9.59 Å². The maximum Gasteiger partial charge on any atom is 0.336 e. The molecular weight excluding hydrogens is 248 g/mol. The van der Waals surface area contributed by atoms with E-state index in [9.17, 15) is 14.4 Å². The number of rotatable bonds is 7. The van der Waals surface area contributed by atoms with Crippen LogP contribution in [0.1, 0.15) is 25.7 Å². The van der Waals surface area contributed by atoms with E-state index >= 15 is 0 Å². The van der Waals surface area contributed by atoms with Gasteiger partial charge in [-0.1, -0.05) is 13.3 Å². The Morgan fingerprint density at radius 2 is 1.39 bits per heavy atom. The molecule has 5 N–H and O–H groups in total. The van der Waals surface area contributed by atoms with Crippen molar-refractivity contribution in [3.63, 3.8) is 0 Å². The van der Waals surface area contributed by atoms with Crippen LogP contribution >= 0.6 is 0 Å². The van der Waals surface area contributed by atoms with Crippen LogP contribution in [0.5, 0.6) is 0 Å². The Bertz CT molecular complexity index is 268. The van der Waals surface area contributed by atoms with Crippen molar-refractivity contribution < 1.29 is 39.9 Å². The van der Waals surface area contributed by atoms with Gasteiger partial charge in [-0.2, -0.15) is 0 Å². The van der Waals surface area contributed by atoms with Gasteiger partial charge in [0.1, 0.15) is 0 Å². The van der Waals surface area contributed by atoms with Gasteiger partial charge in [0.05, 0.1) is 12.8 Å². The molecule has 8 heteroatoms. The van der Waals surface area contributed by atoms with Crippen molar-refractivity contribution in [2.45, 2.75) is 31.3 Å². The van der Waals surface area contributed by atoms with Crippen LogP contribution in [-0.2, 0) is 14.4 Å². The lowest BCUT2D eigenvalue weighted by molar-refractivity contribution is -0.170. The number of unbranched alkanes of at least 4 members (excludes halogenated alkanes) is 1. The maximum absolute atomic E-state index is 10.3. The molecule has 0 aromatic carbocycles. The van der Waals surface area contributed by atoms with Gasteiger partial charge in [-0.05, 0) is 6.42 Å². The third-order valence-corrected chi connectivity index (χ3v) is 1.69. The van der Waals surface area contributed by atoms with Gasteiger partial charge in [0.2, 0.25) is 0 Å². The van der Waals surface area contributed by atoms with E-state index in [0.717, 1.165) is 12.8 Å². The summed E-state index contributed by atoms with van der Waals surface area (Å²) in [7, 11) is 0. The van der Waals surface area contributed by atoms with Crippen LogP contribution in [-0.4, -0.2) is 55.6 Å². The highest BCUT2D eigenvalue weighted by atomic mass is 16.4. The summed E-state index contributed by atoms with van der Waals surface area (Å²) >= 11 is 0. The highest BCUT2D eigenvalue weighted by Crippen LogP contribution is 2.15. The molecule has 0 saturated heterocycles. The number of carboxylic acids is 3. The first kappa shape index (κ1) is 18.7. The minimum absolute atomic E-state index is 0.281. The molecule has 0 rings (SSSR count). The fourth-order valence-corrected chi connectivity index (χ4v) is 0.826. The van der Waals surface area contributed by atoms with Gasteiger partial charge in [-0.15, -0.1) is 0 Å². The molecule has 105 valence electrons. The summed E-state index contributed by atoms with van der Waals surface area (Å²) in [6.07, 6.45) is -0.611. The van der Waals surface area contributed by atoms with Gasteiger partial charge in [0.25, 0.3) is 0 Å². The van der Waals surface area contributed by atoms with Gasteiger partial charge < -0.3 is 25.5 Å². The average Bonchev–Trinajstić information content (AvgIpc) is 2.16. The van der Waals surface area contributed by atoms with Crippen molar-refractivity contribution in [3.8, 4) is 0 Å². The lowest BCUT2D eigenvalue weighted by atomic mass is 9.96. The summed E-state index contributed by atoms with van der Waals surface area (Å²) in [6.45, 7) is 3.80. The van der Waals surface area contributed by atoms with Gasteiger partial charge in [0, 0.05) is 6.61 Å². The topological polar surface area (TPSA) is 152 Å². The molecule has 0 aromatic rings. The van der Waals surface area contributed by atoms with E-state index in [1.165, 1.54) is 0 Å². The fourth-order valence-electron chi connectivity index (χ4n) is 0.826. The van der Waals surface area contributed by atoms with Crippen molar-refractivity contribution >= 4 is 17.9 Å². The first-order valence-corrected chi connectivity index (χ1v) is 4.99. The summed E-state index contributed by atoms with van der Waals surface area (Å²) in [5.41, 5.74) is -2.74. The lowest BCUT2D eigenvalue weighted by Crippen LogP contribution is -2.42. The van der Waals surface area contributed by atoms with Crippen molar-refractivity contribution in [1.29, 1.82) is 0 Å². The standard InChI is InChI=1S/C6H8O7.C4H9O/c7-3(8)1-6(13,5(11)12)2-4(9)10;1-2-3-4-5/h13H,1-2H2,(H,7,8)(H,9,10)(H,11,12);5H,1-4H2. The van der Waals surface area contributed by atoms with Gasteiger partial charge in [-0.25, -0.2) is 4.79 Å². The molecule has 18 heavy (non-hydrogen) atoms. The number of aliphatic hydroxyl groups is 2. The zero-order chi connectivity index (χ0) is 14.8. The van der Waals surface area contributed by atoms with E-state index in [-0.39, 0.29) is 6.61 Å². The molecule has 0 bridgehead atoms. The first-order chi connectivity index (χ1) is 8.19. The lowest BCUT2D eigenvalue weighted by Gasteiger charge is -2.18. The number of hydrogen-bond acceptors (Lipinski definition) is 5. The van der Waals surface area contributed by atoms with Crippen LogP contribution in [0.15, 0.2) is 0 Å². The third kappa shape index (κ3) is 9.55. The average molecular weight is 265 g/mol. The summed E-state index contributed by atoms with van der Waals surface area (Å²) in [5.74, 6) is -5.02. The van der Waals surface area contributed by atoms with Gasteiger partial charge in [0.15, 0.2) is 5.60 Å². The molecule has 0 aliphatic heterocycles. The summed E-state index contributed by atoms with van der Waals surface area (Å²) < 4.78 is 0. The predicted octanol–water partition coefficient (Wildman–Crippen LogP) is -0.656. The second-order valence-electron chi connectivity index (χ2n) is 3.41. The minimum atomic E-state index is -2.74. The summed E-state index contributed by atoms with van der Waals surface area (Å²) in [6, 6.07) is 0. The van der Waals surface area contributed by atoms with E-state index in [2.05, 4.69) is 6.92 Å². The van der Waals surface area contributed by atoms with E-state index in [0.29, 0.717) is 0 Å². The molecule has 0 aliphatic carbocycles. The molecule has 0 aromatic heterocycles. The number of carbonyl (C=O) groups is 3. The smallest absolute Gasteiger partial charge is 0.336 e. The fraction of sp³-hybridized carbons (Fsp3) is 0.600. The molecule has 0 heterocycles. The second-order valence-corrected chi connectivity index (χ2v) is 3.41. The van der Waals surface area contributed by atoms with Crippen LogP contribution in [0.3, 0.4) is 0 Å². The highest BCUT2D eigenvalue weighted by molar-refractivity contribution is 5.88. The Labute approximate surface area is 103 Å². The molecule has 0 saturated carbocycles. The zero-order valence-corrected chi connectivity index (χ0v) is 9.70. The van der Waals surface area contributed by atoms with E-state index in [1.54, 1.807) is 0 Å². The molecule has 0 aliphatic rings. The number of aliphatic hydroxyl groups excluding tert-OH is 1. The number of carboxylic acid groups (broad SMARTS) is 3. The summed E-state index contributed by atoms with van der Waals surface area (Å²) in [5, 5.41) is 41.8. The van der Waals surface area contributed by atoms with Gasteiger partial charge >= 0.3 is 17.9 Å². The minimum Gasteiger partial charge on any atom is -0.481 e. The molecule has 0 atom stereocenters. The van der Waals surface area contributed by atoms with Crippen LogP contribution < -0.4 is 0 Å². The van der Waals surface area contributed by atoms with E-state index < -0.39 is 36.4 Å². The molecule has 8 nitrogen and oxygen atoms in total. The van der Waals surface area contributed by atoms with Crippen molar-refractivity contribution in [2.24, 2.45) is 0 Å². The summed E-state index contributed by atoms with van der Waals surface area (Å²) in [4.78, 5) is 30.5. The Hall–Kier alpha value is -1.67. The van der Waals surface area contributed by atoms with E-state index in [1.807, 2.05) is 0 Å². The molecule has 1 radical (unpaired) electrons. The van der Waals surface area contributed by atoms with Crippen LogP contribution in [0, 0.1) is 6.92 Å². The Morgan fingerprint density at radius 1 is 1.00 bits per heavy atom. The predicted molar refractivity (Wildman–Crippen MR) is 58.8 cm³/mol. The van der Waals surface area contributed by atoms with Crippen molar-refractivity contribution in [2.75, 3.05) is 6.61 Å². The highest BCUT2D eigenvalue weighted by Gasteiger charge is 2.40. The molecule has 0 unspecified atom stereocenters. The molecule has 0 amide bonds. The van der Waals surface area contributed by atoms with Crippen LogP contribution in [0.2, 0.25) is 0 Å². The molecule has 0 spiro atoms. The monoisotopic (exact) mass is 265 g/mol. The number of hydrogen-bond donors (Lipinski definition) is 5. The Morgan fingerprint density at radius 3 is 1.50 bits per heavy atom. The first-order valence-electron chi connectivity index (χ1n) is 4.99. The normalized spacial score (nSPS) is 10.2. The second kappa shape index (κ2) is 9.37. The van der Waals surface area contributed by atoms with Crippen LogP contribution in [0.25, 0.3) is 0 Å².